The van der Waals surface area contributed by atoms with E-state index in [2.05, 4.69) is 10.3 Å². The van der Waals surface area contributed by atoms with Gasteiger partial charge in [0.05, 0.1) is 5.02 Å². The van der Waals surface area contributed by atoms with Gasteiger partial charge >= 0.3 is 0 Å². The molecule has 2 aliphatic carbocycles. The average molecular weight is 308 g/mol. The lowest BCUT2D eigenvalue weighted by molar-refractivity contribution is 0.0749. The quantitative estimate of drug-likeness (QED) is 0.928. The summed E-state index contributed by atoms with van der Waals surface area (Å²) in [7, 11) is 3.64. The largest absolute Gasteiger partial charge is 0.373 e. The number of nitrogens with zero attached hydrogens (tertiary/aromatic N) is 2. The van der Waals surface area contributed by atoms with E-state index in [1.54, 1.807) is 24.1 Å². The number of rotatable bonds is 4. The highest BCUT2D eigenvalue weighted by Crippen LogP contribution is 2.48. The van der Waals surface area contributed by atoms with Gasteiger partial charge in [-0.2, -0.15) is 0 Å². The smallest absolute Gasteiger partial charge is 0.273 e. The second-order valence-electron chi connectivity index (χ2n) is 6.40. The van der Waals surface area contributed by atoms with Gasteiger partial charge < -0.3 is 10.2 Å². The van der Waals surface area contributed by atoms with Gasteiger partial charge in [-0.05, 0) is 49.1 Å². The molecule has 0 aromatic carbocycles. The van der Waals surface area contributed by atoms with E-state index in [0.29, 0.717) is 22.5 Å². The molecule has 1 amide bonds. The fourth-order valence-corrected chi connectivity index (χ4v) is 4.13. The molecule has 0 saturated heterocycles. The zero-order valence-electron chi connectivity index (χ0n) is 12.6. The van der Waals surface area contributed by atoms with Gasteiger partial charge in [0, 0.05) is 20.6 Å². The van der Waals surface area contributed by atoms with Gasteiger partial charge in [-0.1, -0.05) is 18.0 Å². The van der Waals surface area contributed by atoms with Crippen molar-refractivity contribution >= 4 is 23.3 Å². The fraction of sp³-hybridized carbons (Fsp3) is 0.625. The molecular formula is C16H22ClN3O. The normalized spacial score (nSPS) is 26.9. The predicted molar refractivity (Wildman–Crippen MR) is 84.7 cm³/mol. The molecule has 1 heterocycles. The maximum absolute atomic E-state index is 12.6. The number of carbonyl (C=O) groups excluding carboxylic acids is 1. The molecule has 1 N–H and O–H groups in total. The first-order valence-electron chi connectivity index (χ1n) is 7.68. The van der Waals surface area contributed by atoms with E-state index in [-0.39, 0.29) is 5.91 Å². The van der Waals surface area contributed by atoms with Crippen LogP contribution in [0, 0.1) is 17.8 Å². The van der Waals surface area contributed by atoms with Gasteiger partial charge in [-0.3, -0.25) is 4.79 Å². The molecule has 0 radical (unpaired) electrons. The summed E-state index contributed by atoms with van der Waals surface area (Å²) < 4.78 is 0. The Kier molecular flexibility index (Phi) is 4.07. The summed E-state index contributed by atoms with van der Waals surface area (Å²) in [6, 6.07) is 3.49. The SMILES string of the molecule is CNc1ccc(Cl)c(C(=O)N(C)CC2CC3CCC2C3)n1. The number of carbonyl (C=O) groups is 1. The van der Waals surface area contributed by atoms with Gasteiger partial charge in [0.15, 0.2) is 0 Å². The van der Waals surface area contributed by atoms with Crippen molar-refractivity contribution in [2.75, 3.05) is 26.0 Å². The van der Waals surface area contributed by atoms with E-state index in [9.17, 15) is 4.79 Å². The molecule has 3 unspecified atom stereocenters. The van der Waals surface area contributed by atoms with E-state index in [1.807, 2.05) is 7.05 Å². The monoisotopic (exact) mass is 307 g/mol. The summed E-state index contributed by atoms with van der Waals surface area (Å²) in [5.74, 6) is 2.95. The number of pyridine rings is 1. The van der Waals surface area contributed by atoms with Crippen LogP contribution in [0.4, 0.5) is 5.82 Å². The molecule has 21 heavy (non-hydrogen) atoms. The van der Waals surface area contributed by atoms with Crippen LogP contribution in [-0.4, -0.2) is 36.4 Å². The van der Waals surface area contributed by atoms with Gasteiger partial charge in [-0.25, -0.2) is 4.98 Å². The van der Waals surface area contributed by atoms with Crippen molar-refractivity contribution in [3.05, 3.63) is 22.8 Å². The lowest BCUT2D eigenvalue weighted by atomic mass is 9.88. The number of aromatic nitrogens is 1. The summed E-state index contributed by atoms with van der Waals surface area (Å²) in [6.07, 6.45) is 5.36. The molecular weight excluding hydrogens is 286 g/mol. The van der Waals surface area contributed by atoms with Crippen LogP contribution in [0.25, 0.3) is 0 Å². The van der Waals surface area contributed by atoms with Crippen LogP contribution < -0.4 is 5.32 Å². The molecule has 5 heteroatoms. The molecule has 3 atom stereocenters. The summed E-state index contributed by atoms with van der Waals surface area (Å²) in [6.45, 7) is 0.821. The first-order chi connectivity index (χ1) is 10.1. The van der Waals surface area contributed by atoms with Crippen molar-refractivity contribution in [2.45, 2.75) is 25.7 Å². The highest BCUT2D eigenvalue weighted by atomic mass is 35.5. The fourth-order valence-electron chi connectivity index (χ4n) is 3.95. The average Bonchev–Trinajstić information content (AvgIpc) is 3.09. The standard InChI is InChI=1S/C16H22ClN3O/c1-18-14-6-5-13(17)15(19-14)16(21)20(2)9-12-8-10-3-4-11(12)7-10/h5-6,10-12H,3-4,7-9H2,1-2H3,(H,18,19). The highest BCUT2D eigenvalue weighted by molar-refractivity contribution is 6.33. The van der Waals surface area contributed by atoms with Gasteiger partial charge in [0.1, 0.15) is 11.5 Å². The van der Waals surface area contributed by atoms with Crippen molar-refractivity contribution in [3.63, 3.8) is 0 Å². The zero-order valence-corrected chi connectivity index (χ0v) is 13.4. The molecule has 0 aliphatic heterocycles. The van der Waals surface area contributed by atoms with E-state index in [0.717, 1.165) is 18.4 Å². The molecule has 1 aromatic rings. The van der Waals surface area contributed by atoms with Crippen LogP contribution in [0.5, 0.6) is 0 Å². The second-order valence-corrected chi connectivity index (χ2v) is 6.80. The Morgan fingerprint density at radius 1 is 1.43 bits per heavy atom. The first-order valence-corrected chi connectivity index (χ1v) is 8.06. The summed E-state index contributed by atoms with van der Waals surface area (Å²) in [5, 5.41) is 3.36. The predicted octanol–water partition coefficient (Wildman–Crippen LogP) is 3.28. The minimum atomic E-state index is -0.0835. The summed E-state index contributed by atoms with van der Waals surface area (Å²) >= 11 is 6.13. The number of amides is 1. The van der Waals surface area contributed by atoms with Crippen LogP contribution >= 0.6 is 11.6 Å². The Balaban J connectivity index is 1.69. The van der Waals surface area contributed by atoms with E-state index in [1.165, 1.54) is 25.7 Å². The van der Waals surface area contributed by atoms with Crippen molar-refractivity contribution in [1.29, 1.82) is 0 Å². The van der Waals surface area contributed by atoms with Crippen molar-refractivity contribution in [1.82, 2.24) is 9.88 Å². The van der Waals surface area contributed by atoms with Crippen LogP contribution in [0.3, 0.4) is 0 Å². The molecule has 2 aliphatic rings. The minimum Gasteiger partial charge on any atom is -0.373 e. The number of nitrogens with one attached hydrogen (secondary N) is 1. The number of anilines is 1. The van der Waals surface area contributed by atoms with Crippen LogP contribution in [0.2, 0.25) is 5.02 Å². The van der Waals surface area contributed by atoms with Crippen LogP contribution in [0.15, 0.2) is 12.1 Å². The maximum Gasteiger partial charge on any atom is 0.273 e. The number of hydrogen-bond donors (Lipinski definition) is 1. The lowest BCUT2D eigenvalue weighted by Crippen LogP contribution is -2.34. The molecule has 0 spiro atoms. The Labute approximate surface area is 130 Å². The molecule has 2 saturated carbocycles. The molecule has 1 aromatic heterocycles. The number of hydrogen-bond acceptors (Lipinski definition) is 3. The van der Waals surface area contributed by atoms with Gasteiger partial charge in [0.25, 0.3) is 5.91 Å². The second kappa shape index (κ2) is 5.84. The van der Waals surface area contributed by atoms with Crippen molar-refractivity contribution in [2.24, 2.45) is 17.8 Å². The third-order valence-electron chi connectivity index (χ3n) is 5.04. The molecule has 2 fully saturated rings. The minimum absolute atomic E-state index is 0.0835. The molecule has 4 nitrogen and oxygen atoms in total. The van der Waals surface area contributed by atoms with E-state index >= 15 is 0 Å². The van der Waals surface area contributed by atoms with Crippen molar-refractivity contribution < 1.29 is 4.79 Å². The summed E-state index contributed by atoms with van der Waals surface area (Å²) in [5.41, 5.74) is 0.342. The maximum atomic E-state index is 12.6. The van der Waals surface area contributed by atoms with Crippen LogP contribution in [0.1, 0.15) is 36.2 Å². The first kappa shape index (κ1) is 14.6. The van der Waals surface area contributed by atoms with E-state index < -0.39 is 0 Å². The Hall–Kier alpha value is -1.29. The number of fused-ring (bicyclic) bond motifs is 2. The third kappa shape index (κ3) is 2.86. The highest BCUT2D eigenvalue weighted by Gasteiger charge is 2.40. The summed E-state index contributed by atoms with van der Waals surface area (Å²) in [4.78, 5) is 18.7. The van der Waals surface area contributed by atoms with Gasteiger partial charge in [-0.15, -0.1) is 0 Å². The Bertz CT molecular complexity index is 548. The Morgan fingerprint density at radius 3 is 2.86 bits per heavy atom. The number of halogens is 1. The Morgan fingerprint density at radius 2 is 2.24 bits per heavy atom. The lowest BCUT2D eigenvalue weighted by Gasteiger charge is -2.27. The molecule has 114 valence electrons. The van der Waals surface area contributed by atoms with E-state index in [4.69, 9.17) is 11.6 Å². The molecule has 2 bridgehead atoms. The molecule has 3 rings (SSSR count). The van der Waals surface area contributed by atoms with Crippen LogP contribution in [-0.2, 0) is 0 Å². The van der Waals surface area contributed by atoms with Gasteiger partial charge in [0.2, 0.25) is 0 Å². The van der Waals surface area contributed by atoms with Crippen molar-refractivity contribution in [3.8, 4) is 0 Å². The zero-order chi connectivity index (χ0) is 15.0. The third-order valence-corrected chi connectivity index (χ3v) is 5.35. The topological polar surface area (TPSA) is 45.2 Å².